The molecule has 2 aliphatic carbocycles. The van der Waals surface area contributed by atoms with Crippen LogP contribution in [0, 0.1) is 29.6 Å². The van der Waals surface area contributed by atoms with Gasteiger partial charge < -0.3 is 4.74 Å². The fraction of sp³-hybridized carbons (Fsp3) is 0.769. The molecule has 15 heavy (non-hydrogen) atoms. The first-order valence-electron chi connectivity index (χ1n) is 6.00. The molecule has 0 saturated heterocycles. The normalized spacial score (nSPS) is 37.6. The van der Waals surface area contributed by atoms with E-state index in [1.54, 1.807) is 0 Å². The third-order valence-electron chi connectivity index (χ3n) is 3.85. The summed E-state index contributed by atoms with van der Waals surface area (Å²) in [7, 11) is 0. The number of ether oxygens (including phenoxy) is 1. The van der Waals surface area contributed by atoms with E-state index in [0.717, 1.165) is 6.42 Å². The van der Waals surface area contributed by atoms with Gasteiger partial charge in [0, 0.05) is 0 Å². The summed E-state index contributed by atoms with van der Waals surface area (Å²) in [6.45, 7) is 6.81. The quantitative estimate of drug-likeness (QED) is 0.526. The highest BCUT2D eigenvalue weighted by Gasteiger charge is 2.49. The van der Waals surface area contributed by atoms with Gasteiger partial charge in [0.15, 0.2) is 0 Å². The van der Waals surface area contributed by atoms with E-state index in [1.165, 1.54) is 0 Å². The Bertz CT molecular complexity index is 280. The van der Waals surface area contributed by atoms with E-state index in [4.69, 9.17) is 4.74 Å². The van der Waals surface area contributed by atoms with Crippen molar-refractivity contribution in [1.29, 1.82) is 0 Å². The van der Waals surface area contributed by atoms with Crippen molar-refractivity contribution < 1.29 is 9.53 Å². The molecule has 0 N–H and O–H groups in total. The molecule has 0 aliphatic heterocycles. The SMILES string of the molecule is CCOC(=O)C1C2C=CC(C2)C1C(C)C. The Morgan fingerprint density at radius 2 is 2.07 bits per heavy atom. The summed E-state index contributed by atoms with van der Waals surface area (Å²) in [5.41, 5.74) is 0. The van der Waals surface area contributed by atoms with Gasteiger partial charge >= 0.3 is 5.97 Å². The van der Waals surface area contributed by atoms with Crippen LogP contribution < -0.4 is 0 Å². The number of allylic oxidation sites excluding steroid dienone is 2. The summed E-state index contributed by atoms with van der Waals surface area (Å²) in [4.78, 5) is 11.9. The molecule has 2 heteroatoms. The van der Waals surface area contributed by atoms with E-state index in [9.17, 15) is 4.79 Å². The van der Waals surface area contributed by atoms with Gasteiger partial charge in [-0.2, -0.15) is 0 Å². The average Bonchev–Trinajstić information content (AvgIpc) is 2.76. The van der Waals surface area contributed by atoms with Crippen LogP contribution in [0.3, 0.4) is 0 Å². The first-order chi connectivity index (χ1) is 7.15. The van der Waals surface area contributed by atoms with Crippen molar-refractivity contribution in [3.63, 3.8) is 0 Å². The number of hydrogen-bond donors (Lipinski definition) is 0. The lowest BCUT2D eigenvalue weighted by atomic mass is 9.76. The lowest BCUT2D eigenvalue weighted by molar-refractivity contribution is -0.151. The van der Waals surface area contributed by atoms with Crippen molar-refractivity contribution in [2.75, 3.05) is 6.61 Å². The summed E-state index contributed by atoms with van der Waals surface area (Å²) in [5, 5.41) is 0. The molecule has 2 rings (SSSR count). The monoisotopic (exact) mass is 208 g/mol. The van der Waals surface area contributed by atoms with E-state index >= 15 is 0 Å². The van der Waals surface area contributed by atoms with Gasteiger partial charge in [0.05, 0.1) is 12.5 Å². The number of hydrogen-bond acceptors (Lipinski definition) is 2. The van der Waals surface area contributed by atoms with Crippen molar-refractivity contribution in [2.45, 2.75) is 27.2 Å². The largest absolute Gasteiger partial charge is 0.466 e. The standard InChI is InChI=1S/C13H20O2/c1-4-15-13(14)12-10-6-5-9(7-10)11(12)8(2)3/h5-6,8-12H,4,7H2,1-3H3. The molecule has 0 amide bonds. The van der Waals surface area contributed by atoms with Crippen molar-refractivity contribution in [3.8, 4) is 0 Å². The van der Waals surface area contributed by atoms with Gasteiger partial charge in [0.1, 0.15) is 0 Å². The van der Waals surface area contributed by atoms with Gasteiger partial charge in [0.25, 0.3) is 0 Å². The fourth-order valence-electron chi connectivity index (χ4n) is 3.34. The Morgan fingerprint density at radius 3 is 2.67 bits per heavy atom. The maximum Gasteiger partial charge on any atom is 0.309 e. The summed E-state index contributed by atoms with van der Waals surface area (Å²) in [6, 6.07) is 0. The zero-order valence-corrected chi connectivity index (χ0v) is 9.77. The minimum absolute atomic E-state index is 0.0213. The van der Waals surface area contributed by atoms with Crippen LogP contribution in [0.25, 0.3) is 0 Å². The topological polar surface area (TPSA) is 26.3 Å². The number of carbonyl (C=O) groups excluding carboxylic acids is 1. The third kappa shape index (κ3) is 1.70. The molecular weight excluding hydrogens is 188 g/mol. The van der Waals surface area contributed by atoms with Crippen LogP contribution in [0.5, 0.6) is 0 Å². The van der Waals surface area contributed by atoms with Gasteiger partial charge in [-0.15, -0.1) is 0 Å². The number of fused-ring (bicyclic) bond motifs is 2. The zero-order chi connectivity index (χ0) is 11.0. The van der Waals surface area contributed by atoms with Crippen LogP contribution in [0.1, 0.15) is 27.2 Å². The van der Waals surface area contributed by atoms with Crippen LogP contribution >= 0.6 is 0 Å². The first-order valence-corrected chi connectivity index (χ1v) is 6.00. The molecule has 2 aliphatic rings. The van der Waals surface area contributed by atoms with E-state index < -0.39 is 0 Å². The van der Waals surface area contributed by atoms with Crippen LogP contribution in [0.4, 0.5) is 0 Å². The Balaban J connectivity index is 2.15. The highest BCUT2D eigenvalue weighted by Crippen LogP contribution is 2.51. The Labute approximate surface area is 91.7 Å². The van der Waals surface area contributed by atoms with Crippen molar-refractivity contribution >= 4 is 5.97 Å². The van der Waals surface area contributed by atoms with Gasteiger partial charge in [-0.25, -0.2) is 0 Å². The van der Waals surface area contributed by atoms with Crippen molar-refractivity contribution in [1.82, 2.24) is 0 Å². The second kappa shape index (κ2) is 3.99. The molecule has 4 unspecified atom stereocenters. The summed E-state index contributed by atoms with van der Waals surface area (Å²) in [6.07, 6.45) is 5.67. The molecule has 2 bridgehead atoms. The Kier molecular flexibility index (Phi) is 2.85. The van der Waals surface area contributed by atoms with Gasteiger partial charge in [-0.05, 0) is 37.0 Å². The molecule has 4 atom stereocenters. The molecule has 0 aromatic carbocycles. The molecule has 0 spiro atoms. The minimum Gasteiger partial charge on any atom is -0.466 e. The predicted octanol–water partition coefficient (Wildman–Crippen LogP) is 2.64. The Hall–Kier alpha value is -0.790. The van der Waals surface area contributed by atoms with Crippen LogP contribution in [-0.4, -0.2) is 12.6 Å². The van der Waals surface area contributed by atoms with Crippen LogP contribution in [0.15, 0.2) is 12.2 Å². The van der Waals surface area contributed by atoms with Gasteiger partial charge in [0.2, 0.25) is 0 Å². The fourth-order valence-corrected chi connectivity index (χ4v) is 3.34. The predicted molar refractivity (Wildman–Crippen MR) is 59.2 cm³/mol. The second-order valence-electron chi connectivity index (χ2n) is 5.05. The van der Waals surface area contributed by atoms with E-state index in [1.807, 2.05) is 6.92 Å². The third-order valence-corrected chi connectivity index (χ3v) is 3.85. The summed E-state index contributed by atoms with van der Waals surface area (Å²) < 4.78 is 5.19. The lowest BCUT2D eigenvalue weighted by Gasteiger charge is -2.29. The maximum absolute atomic E-state index is 11.9. The molecule has 0 radical (unpaired) electrons. The van der Waals surface area contributed by atoms with Gasteiger partial charge in [-0.3, -0.25) is 4.79 Å². The molecule has 0 aromatic heterocycles. The van der Waals surface area contributed by atoms with Gasteiger partial charge in [-0.1, -0.05) is 26.0 Å². The van der Waals surface area contributed by atoms with Crippen molar-refractivity contribution in [3.05, 3.63) is 12.2 Å². The highest BCUT2D eigenvalue weighted by molar-refractivity contribution is 5.74. The number of esters is 1. The van der Waals surface area contributed by atoms with E-state index in [0.29, 0.717) is 30.3 Å². The molecule has 1 fully saturated rings. The van der Waals surface area contributed by atoms with Crippen molar-refractivity contribution in [2.24, 2.45) is 29.6 Å². The summed E-state index contributed by atoms with van der Waals surface area (Å²) >= 11 is 0. The molecular formula is C13H20O2. The van der Waals surface area contributed by atoms with E-state index in [-0.39, 0.29) is 11.9 Å². The second-order valence-corrected chi connectivity index (χ2v) is 5.05. The first kappa shape index (κ1) is 10.7. The van der Waals surface area contributed by atoms with E-state index in [2.05, 4.69) is 26.0 Å². The van der Waals surface area contributed by atoms with Crippen LogP contribution in [0.2, 0.25) is 0 Å². The smallest absolute Gasteiger partial charge is 0.309 e. The highest BCUT2D eigenvalue weighted by atomic mass is 16.5. The molecule has 2 nitrogen and oxygen atoms in total. The minimum atomic E-state index is 0.0213. The maximum atomic E-state index is 11.9. The Morgan fingerprint density at radius 1 is 1.40 bits per heavy atom. The van der Waals surface area contributed by atoms with Crippen LogP contribution in [-0.2, 0) is 9.53 Å². The number of rotatable bonds is 3. The molecule has 0 heterocycles. The molecule has 1 saturated carbocycles. The lowest BCUT2D eigenvalue weighted by Crippen LogP contribution is -2.32. The zero-order valence-electron chi connectivity index (χ0n) is 9.77. The molecule has 84 valence electrons. The number of carbonyl (C=O) groups is 1. The average molecular weight is 208 g/mol. The summed E-state index contributed by atoms with van der Waals surface area (Å²) in [5.74, 6) is 2.28. The molecule has 0 aromatic rings.